The van der Waals surface area contributed by atoms with E-state index in [-0.39, 0.29) is 0 Å². The number of hydrogen-bond acceptors (Lipinski definition) is 4. The molecule has 0 unspecified atom stereocenters. The van der Waals surface area contributed by atoms with Crippen LogP contribution in [-0.4, -0.2) is 10.1 Å². The van der Waals surface area contributed by atoms with Crippen LogP contribution in [0, 0.1) is 0 Å². The molecule has 4 nitrogen and oxygen atoms in total. The molecule has 0 atom stereocenters. The van der Waals surface area contributed by atoms with Gasteiger partial charge in [0.15, 0.2) is 5.76 Å². The Morgan fingerprint density at radius 1 is 1.23 bits per heavy atom. The molecular formula is C9H9N3O. The Hall–Kier alpha value is -1.84. The average molecular weight is 175 g/mol. The molecule has 4 heteroatoms. The number of anilines is 1. The molecule has 66 valence electrons. The van der Waals surface area contributed by atoms with Crippen molar-refractivity contribution in [3.05, 3.63) is 42.4 Å². The van der Waals surface area contributed by atoms with E-state index in [1.807, 2.05) is 24.3 Å². The zero-order valence-electron chi connectivity index (χ0n) is 6.97. The van der Waals surface area contributed by atoms with Crippen molar-refractivity contribution in [2.75, 3.05) is 5.32 Å². The van der Waals surface area contributed by atoms with E-state index in [2.05, 4.69) is 15.5 Å². The van der Waals surface area contributed by atoms with E-state index < -0.39 is 0 Å². The van der Waals surface area contributed by atoms with Crippen molar-refractivity contribution in [2.45, 2.75) is 6.54 Å². The number of rotatable bonds is 3. The monoisotopic (exact) mass is 175 g/mol. The fraction of sp³-hybridized carbons (Fsp3) is 0.111. The third-order valence-electron chi connectivity index (χ3n) is 1.60. The molecule has 0 bridgehead atoms. The number of nitrogens with one attached hydrogen (secondary N) is 1. The Balaban J connectivity index is 1.94. The van der Waals surface area contributed by atoms with E-state index >= 15 is 0 Å². The third-order valence-corrected chi connectivity index (χ3v) is 1.60. The van der Waals surface area contributed by atoms with Gasteiger partial charge in [-0.15, -0.1) is 0 Å². The van der Waals surface area contributed by atoms with Crippen LogP contribution in [0.1, 0.15) is 5.76 Å². The Labute approximate surface area is 75.6 Å². The van der Waals surface area contributed by atoms with Gasteiger partial charge >= 0.3 is 0 Å². The maximum Gasteiger partial charge on any atom is 0.155 e. The van der Waals surface area contributed by atoms with Crippen LogP contribution in [0.2, 0.25) is 0 Å². The Bertz CT molecular complexity index is 344. The second kappa shape index (κ2) is 3.71. The van der Waals surface area contributed by atoms with Crippen LogP contribution < -0.4 is 5.32 Å². The maximum absolute atomic E-state index is 4.91. The molecule has 2 aromatic rings. The van der Waals surface area contributed by atoms with Gasteiger partial charge in [0.1, 0.15) is 5.82 Å². The van der Waals surface area contributed by atoms with E-state index in [9.17, 15) is 0 Å². The van der Waals surface area contributed by atoms with Gasteiger partial charge in [-0.05, 0) is 12.1 Å². The zero-order valence-corrected chi connectivity index (χ0v) is 6.97. The molecule has 0 spiro atoms. The zero-order chi connectivity index (χ0) is 8.93. The molecule has 2 heterocycles. The summed E-state index contributed by atoms with van der Waals surface area (Å²) < 4.78 is 4.91. The van der Waals surface area contributed by atoms with Crippen molar-refractivity contribution in [1.82, 2.24) is 10.1 Å². The van der Waals surface area contributed by atoms with Crippen LogP contribution in [0.4, 0.5) is 5.82 Å². The Morgan fingerprint density at radius 3 is 2.92 bits per heavy atom. The summed E-state index contributed by atoms with van der Waals surface area (Å²) in [6, 6.07) is 7.52. The molecule has 0 aliphatic heterocycles. The third kappa shape index (κ3) is 2.05. The van der Waals surface area contributed by atoms with E-state index in [4.69, 9.17) is 4.52 Å². The van der Waals surface area contributed by atoms with E-state index in [0.717, 1.165) is 11.6 Å². The lowest BCUT2D eigenvalue weighted by Crippen LogP contribution is -1.99. The van der Waals surface area contributed by atoms with Crippen molar-refractivity contribution < 1.29 is 4.52 Å². The standard InChI is InChI=1S/C9H9N3O/c1-2-5-10-9(3-1)11-7-8-4-6-12-13-8/h1-6H,7H2,(H,10,11). The molecule has 0 aromatic carbocycles. The Kier molecular flexibility index (Phi) is 2.22. The fourth-order valence-corrected chi connectivity index (χ4v) is 0.978. The van der Waals surface area contributed by atoms with Crippen LogP contribution in [-0.2, 0) is 6.54 Å². The van der Waals surface area contributed by atoms with Gasteiger partial charge in [-0.25, -0.2) is 4.98 Å². The van der Waals surface area contributed by atoms with Crippen LogP contribution in [0.5, 0.6) is 0 Å². The van der Waals surface area contributed by atoms with Gasteiger partial charge in [0, 0.05) is 12.3 Å². The highest BCUT2D eigenvalue weighted by Crippen LogP contribution is 2.03. The van der Waals surface area contributed by atoms with Crippen molar-refractivity contribution in [2.24, 2.45) is 0 Å². The molecule has 2 rings (SSSR count). The van der Waals surface area contributed by atoms with Crippen LogP contribution in [0.3, 0.4) is 0 Å². The summed E-state index contributed by atoms with van der Waals surface area (Å²) >= 11 is 0. The van der Waals surface area contributed by atoms with Gasteiger partial charge in [0.2, 0.25) is 0 Å². The quantitative estimate of drug-likeness (QED) is 0.771. The van der Waals surface area contributed by atoms with Crippen molar-refractivity contribution in [3.63, 3.8) is 0 Å². The summed E-state index contributed by atoms with van der Waals surface area (Å²) in [7, 11) is 0. The molecular weight excluding hydrogens is 166 g/mol. The second-order valence-electron chi connectivity index (χ2n) is 2.55. The highest BCUT2D eigenvalue weighted by atomic mass is 16.5. The van der Waals surface area contributed by atoms with Gasteiger partial charge in [-0.3, -0.25) is 0 Å². The minimum absolute atomic E-state index is 0.608. The fourth-order valence-electron chi connectivity index (χ4n) is 0.978. The topological polar surface area (TPSA) is 51.0 Å². The minimum Gasteiger partial charge on any atom is -0.363 e. The highest BCUT2D eigenvalue weighted by molar-refractivity contribution is 5.33. The summed E-state index contributed by atoms with van der Waals surface area (Å²) in [4.78, 5) is 4.10. The normalized spacial score (nSPS) is 9.85. The predicted molar refractivity (Wildman–Crippen MR) is 48.1 cm³/mol. The summed E-state index contributed by atoms with van der Waals surface area (Å²) in [6.45, 7) is 0.608. The summed E-state index contributed by atoms with van der Waals surface area (Å²) in [6.07, 6.45) is 3.36. The molecule has 0 saturated heterocycles. The minimum atomic E-state index is 0.608. The first-order chi connectivity index (χ1) is 6.45. The number of pyridine rings is 1. The SMILES string of the molecule is c1ccc(NCc2ccno2)nc1. The first-order valence-electron chi connectivity index (χ1n) is 3.99. The van der Waals surface area contributed by atoms with Gasteiger partial charge in [-0.1, -0.05) is 11.2 Å². The molecule has 0 saturated carbocycles. The highest BCUT2D eigenvalue weighted by Gasteiger charge is 1.96. The average Bonchev–Trinajstić information content (AvgIpc) is 2.69. The molecule has 1 N–H and O–H groups in total. The lowest BCUT2D eigenvalue weighted by atomic mass is 10.4. The molecule has 2 aromatic heterocycles. The van der Waals surface area contributed by atoms with E-state index in [1.165, 1.54) is 0 Å². The van der Waals surface area contributed by atoms with Crippen molar-refractivity contribution in [1.29, 1.82) is 0 Å². The molecule has 0 radical (unpaired) electrons. The molecule has 0 aliphatic carbocycles. The maximum atomic E-state index is 4.91. The molecule has 0 amide bonds. The lowest BCUT2D eigenvalue weighted by Gasteiger charge is -2.00. The Morgan fingerprint density at radius 2 is 2.23 bits per heavy atom. The van der Waals surface area contributed by atoms with Gasteiger partial charge in [0.05, 0.1) is 12.7 Å². The van der Waals surface area contributed by atoms with E-state index in [1.54, 1.807) is 12.4 Å². The first-order valence-corrected chi connectivity index (χ1v) is 3.99. The summed E-state index contributed by atoms with van der Waals surface area (Å²) in [5.41, 5.74) is 0. The lowest BCUT2D eigenvalue weighted by molar-refractivity contribution is 0.388. The summed E-state index contributed by atoms with van der Waals surface area (Å²) in [5, 5.41) is 6.70. The second-order valence-corrected chi connectivity index (χ2v) is 2.55. The van der Waals surface area contributed by atoms with Gasteiger partial charge in [-0.2, -0.15) is 0 Å². The van der Waals surface area contributed by atoms with Crippen molar-refractivity contribution >= 4 is 5.82 Å². The summed E-state index contributed by atoms with van der Waals surface area (Å²) in [5.74, 6) is 1.63. The molecule has 0 aliphatic rings. The molecule has 13 heavy (non-hydrogen) atoms. The van der Waals surface area contributed by atoms with Crippen LogP contribution >= 0.6 is 0 Å². The largest absolute Gasteiger partial charge is 0.363 e. The smallest absolute Gasteiger partial charge is 0.155 e. The van der Waals surface area contributed by atoms with E-state index in [0.29, 0.717) is 6.54 Å². The number of hydrogen-bond donors (Lipinski definition) is 1. The number of nitrogens with zero attached hydrogens (tertiary/aromatic N) is 2. The van der Waals surface area contributed by atoms with Gasteiger partial charge in [0.25, 0.3) is 0 Å². The van der Waals surface area contributed by atoms with Crippen LogP contribution in [0.15, 0.2) is 41.2 Å². The predicted octanol–water partition coefficient (Wildman–Crippen LogP) is 1.68. The number of aromatic nitrogens is 2. The van der Waals surface area contributed by atoms with Gasteiger partial charge < -0.3 is 9.84 Å². The van der Waals surface area contributed by atoms with Crippen LogP contribution in [0.25, 0.3) is 0 Å². The first kappa shape index (κ1) is 7.79. The molecule has 0 fully saturated rings. The van der Waals surface area contributed by atoms with Crippen molar-refractivity contribution in [3.8, 4) is 0 Å².